The molecule has 5 rings (SSSR count). The summed E-state index contributed by atoms with van der Waals surface area (Å²) in [5.41, 5.74) is 0.965. The van der Waals surface area contributed by atoms with Gasteiger partial charge in [-0.05, 0) is 50.6 Å². The van der Waals surface area contributed by atoms with Crippen LogP contribution in [0.4, 0.5) is 0 Å². The van der Waals surface area contributed by atoms with Gasteiger partial charge in [0.1, 0.15) is 10.7 Å². The minimum Gasteiger partial charge on any atom is -0.309 e. The van der Waals surface area contributed by atoms with Gasteiger partial charge in [-0.15, -0.1) is 32.9 Å². The maximum Gasteiger partial charge on any atom is 0.259 e. The van der Waals surface area contributed by atoms with Gasteiger partial charge in [-0.25, -0.2) is 4.98 Å². The van der Waals surface area contributed by atoms with Crippen LogP contribution in [-0.2, 0) is 0 Å². The van der Waals surface area contributed by atoms with Gasteiger partial charge in [0.25, 0.3) is 5.56 Å². The van der Waals surface area contributed by atoms with E-state index in [2.05, 4.69) is 38.1 Å². The van der Waals surface area contributed by atoms with E-state index in [0.29, 0.717) is 17.3 Å². The molecule has 1 aliphatic rings. The van der Waals surface area contributed by atoms with Gasteiger partial charge in [0.05, 0.1) is 15.5 Å². The Labute approximate surface area is 174 Å². The molecule has 4 aromatic heterocycles. The van der Waals surface area contributed by atoms with Crippen LogP contribution in [0.2, 0.25) is 0 Å². The van der Waals surface area contributed by atoms with E-state index in [9.17, 15) is 4.79 Å². The number of nitrogens with one attached hydrogen (secondary N) is 1. The van der Waals surface area contributed by atoms with Crippen LogP contribution in [0.3, 0.4) is 0 Å². The summed E-state index contributed by atoms with van der Waals surface area (Å²) in [4.78, 5) is 23.4. The van der Waals surface area contributed by atoms with Crippen molar-refractivity contribution in [1.82, 2.24) is 24.7 Å². The summed E-state index contributed by atoms with van der Waals surface area (Å²) >= 11 is 4.86. The van der Waals surface area contributed by atoms with Crippen LogP contribution >= 0.6 is 34.4 Å². The van der Waals surface area contributed by atoms with Crippen LogP contribution in [-0.4, -0.2) is 24.7 Å². The minimum atomic E-state index is -0.0581. The molecule has 0 unspecified atom stereocenters. The average molecular weight is 430 g/mol. The third-order valence-electron chi connectivity index (χ3n) is 5.04. The van der Waals surface area contributed by atoms with E-state index in [-0.39, 0.29) is 10.8 Å². The molecule has 1 N–H and O–H groups in total. The first-order valence-corrected chi connectivity index (χ1v) is 11.8. The molecule has 0 bridgehead atoms. The molecule has 1 fully saturated rings. The van der Waals surface area contributed by atoms with Crippen LogP contribution in [0.1, 0.15) is 47.3 Å². The van der Waals surface area contributed by atoms with Crippen molar-refractivity contribution in [1.29, 1.82) is 0 Å². The topological polar surface area (TPSA) is 76.5 Å². The number of aryl methyl sites for hydroxylation is 2. The number of aromatic amines is 1. The molecule has 4 aromatic rings. The molecule has 0 aliphatic heterocycles. The lowest BCUT2D eigenvalue weighted by molar-refractivity contribution is 0.668. The van der Waals surface area contributed by atoms with E-state index >= 15 is 0 Å². The van der Waals surface area contributed by atoms with E-state index in [0.717, 1.165) is 44.0 Å². The monoisotopic (exact) mass is 429 g/mol. The highest BCUT2D eigenvalue weighted by molar-refractivity contribution is 7.99. The second-order valence-corrected chi connectivity index (χ2v) is 10.5. The molecule has 1 saturated carbocycles. The molecule has 144 valence electrons. The number of fused-ring (bicyclic) bond motifs is 1. The first kappa shape index (κ1) is 18.1. The lowest BCUT2D eigenvalue weighted by atomic mass is 10.2. The summed E-state index contributed by atoms with van der Waals surface area (Å²) in [5.74, 6) is 1.63. The third-order valence-corrected chi connectivity index (χ3v) is 8.08. The minimum absolute atomic E-state index is 0.0299. The Bertz CT molecular complexity index is 1220. The molecule has 0 amide bonds. The number of nitrogens with zero attached hydrogens (tertiary/aromatic N) is 4. The summed E-state index contributed by atoms with van der Waals surface area (Å²) in [6.07, 6.45) is 2.32. The van der Waals surface area contributed by atoms with Crippen LogP contribution in [0.5, 0.6) is 0 Å². The smallest absolute Gasteiger partial charge is 0.259 e. The lowest BCUT2D eigenvalue weighted by Crippen LogP contribution is -2.12. The molecule has 0 spiro atoms. The fraction of sp³-hybridized carbons (Fsp3) is 0.368. The Kier molecular flexibility index (Phi) is 4.41. The van der Waals surface area contributed by atoms with Crippen molar-refractivity contribution in [2.24, 2.45) is 0 Å². The maximum absolute atomic E-state index is 12.6. The predicted octanol–water partition coefficient (Wildman–Crippen LogP) is 5.11. The first-order chi connectivity index (χ1) is 13.5. The standard InChI is InChI=1S/C19H19N5OS3/c1-9-10(2)27-18-14(9)17(25)20-15(21-18)11(3)28-19-23-22-16(13-5-4-8-26-13)24(19)12-6-7-12/h4-5,8,11-12H,6-7H2,1-3H3,(H,20,21,25)/t11-/m0/s1. The number of hydrogen-bond acceptors (Lipinski definition) is 7. The molecule has 0 saturated heterocycles. The van der Waals surface area contributed by atoms with Crippen LogP contribution < -0.4 is 5.56 Å². The Morgan fingerprint density at radius 2 is 2.14 bits per heavy atom. The van der Waals surface area contributed by atoms with Crippen molar-refractivity contribution in [2.75, 3.05) is 0 Å². The van der Waals surface area contributed by atoms with Crippen molar-refractivity contribution in [2.45, 2.75) is 50.1 Å². The van der Waals surface area contributed by atoms with Crippen LogP contribution in [0.25, 0.3) is 20.9 Å². The highest BCUT2D eigenvalue weighted by atomic mass is 32.2. The molecular formula is C19H19N5OS3. The number of H-pyrrole nitrogens is 1. The van der Waals surface area contributed by atoms with E-state index < -0.39 is 0 Å². The van der Waals surface area contributed by atoms with E-state index in [4.69, 9.17) is 4.98 Å². The van der Waals surface area contributed by atoms with E-state index in [1.54, 1.807) is 34.4 Å². The molecule has 1 aliphatic carbocycles. The zero-order valence-electron chi connectivity index (χ0n) is 15.7. The fourth-order valence-electron chi connectivity index (χ4n) is 3.27. The van der Waals surface area contributed by atoms with Gasteiger partial charge >= 0.3 is 0 Å². The fourth-order valence-corrected chi connectivity index (χ4v) is 5.99. The summed E-state index contributed by atoms with van der Waals surface area (Å²) < 4.78 is 2.25. The molecule has 6 nitrogen and oxygen atoms in total. The molecule has 0 aromatic carbocycles. The summed E-state index contributed by atoms with van der Waals surface area (Å²) in [6.45, 7) is 6.06. The van der Waals surface area contributed by atoms with Gasteiger partial charge in [0.2, 0.25) is 0 Å². The zero-order chi connectivity index (χ0) is 19.4. The summed E-state index contributed by atoms with van der Waals surface area (Å²) in [5, 5.41) is 12.6. The summed E-state index contributed by atoms with van der Waals surface area (Å²) in [6, 6.07) is 4.59. The average Bonchev–Trinajstić information content (AvgIpc) is 3.07. The molecule has 0 radical (unpaired) electrons. The van der Waals surface area contributed by atoms with E-state index in [1.165, 1.54) is 0 Å². The highest BCUT2D eigenvalue weighted by Crippen LogP contribution is 2.44. The molecule has 4 heterocycles. The van der Waals surface area contributed by atoms with E-state index in [1.807, 2.05) is 19.9 Å². The number of thiophene rings is 2. The predicted molar refractivity (Wildman–Crippen MR) is 116 cm³/mol. The largest absolute Gasteiger partial charge is 0.309 e. The second kappa shape index (κ2) is 6.82. The second-order valence-electron chi connectivity index (χ2n) is 7.06. The molecule has 1 atom stereocenters. The number of hydrogen-bond donors (Lipinski definition) is 1. The lowest BCUT2D eigenvalue weighted by Gasteiger charge is -2.12. The molecule has 28 heavy (non-hydrogen) atoms. The van der Waals surface area contributed by atoms with Gasteiger partial charge in [0.15, 0.2) is 11.0 Å². The Morgan fingerprint density at radius 3 is 2.86 bits per heavy atom. The number of rotatable bonds is 5. The van der Waals surface area contributed by atoms with Crippen molar-refractivity contribution in [3.63, 3.8) is 0 Å². The maximum atomic E-state index is 12.6. The molecular weight excluding hydrogens is 410 g/mol. The summed E-state index contributed by atoms with van der Waals surface area (Å²) in [7, 11) is 0. The Balaban J connectivity index is 1.50. The SMILES string of the molecule is Cc1sc2nc([C@H](C)Sc3nnc(-c4cccs4)n3C3CC3)[nH]c(=O)c2c1C. The first-order valence-electron chi connectivity index (χ1n) is 9.18. The molecule has 9 heteroatoms. The Hall–Kier alpha value is -1.97. The highest BCUT2D eigenvalue weighted by Gasteiger charge is 2.31. The van der Waals surface area contributed by atoms with Gasteiger partial charge < -0.3 is 4.98 Å². The third kappa shape index (κ3) is 3.01. The van der Waals surface area contributed by atoms with Crippen molar-refractivity contribution >= 4 is 44.7 Å². The van der Waals surface area contributed by atoms with Gasteiger partial charge in [-0.3, -0.25) is 9.36 Å². The van der Waals surface area contributed by atoms with Crippen LogP contribution in [0.15, 0.2) is 27.5 Å². The van der Waals surface area contributed by atoms with Crippen molar-refractivity contribution < 1.29 is 0 Å². The zero-order valence-corrected chi connectivity index (χ0v) is 18.2. The van der Waals surface area contributed by atoms with Gasteiger partial charge in [-0.2, -0.15) is 0 Å². The number of aromatic nitrogens is 5. The van der Waals surface area contributed by atoms with Gasteiger partial charge in [0, 0.05) is 10.9 Å². The quantitative estimate of drug-likeness (QED) is 0.446. The Morgan fingerprint density at radius 1 is 1.32 bits per heavy atom. The van der Waals surface area contributed by atoms with Crippen LogP contribution in [0, 0.1) is 13.8 Å². The normalized spacial score (nSPS) is 15.4. The van der Waals surface area contributed by atoms with Crippen molar-refractivity contribution in [3.8, 4) is 10.7 Å². The van der Waals surface area contributed by atoms with Crippen molar-refractivity contribution in [3.05, 3.63) is 44.1 Å². The van der Waals surface area contributed by atoms with Gasteiger partial charge in [-0.1, -0.05) is 17.8 Å². The number of thioether (sulfide) groups is 1.